The molecule has 8 heteroatoms. The maximum atomic E-state index is 12.5. The van der Waals surface area contributed by atoms with Crippen molar-refractivity contribution in [1.29, 1.82) is 0 Å². The SMILES string of the molecule is CCN(C(=O)Oc1ccc(OCC(OC)OC)cc1)c1ccc(Br)c(Br)c1. The van der Waals surface area contributed by atoms with E-state index in [1.54, 1.807) is 43.4 Å². The van der Waals surface area contributed by atoms with E-state index in [1.807, 2.05) is 25.1 Å². The van der Waals surface area contributed by atoms with Gasteiger partial charge in [-0.1, -0.05) is 0 Å². The number of ether oxygens (including phenoxy) is 4. The summed E-state index contributed by atoms with van der Waals surface area (Å²) >= 11 is 6.86. The molecule has 0 radical (unpaired) electrons. The summed E-state index contributed by atoms with van der Waals surface area (Å²) in [6, 6.07) is 12.4. The lowest BCUT2D eigenvalue weighted by Crippen LogP contribution is -2.33. The van der Waals surface area contributed by atoms with E-state index < -0.39 is 12.4 Å². The van der Waals surface area contributed by atoms with E-state index in [4.69, 9.17) is 18.9 Å². The van der Waals surface area contributed by atoms with Gasteiger partial charge in [-0.15, -0.1) is 0 Å². The average Bonchev–Trinajstić information content (AvgIpc) is 2.67. The molecule has 2 rings (SSSR count). The molecule has 2 aromatic carbocycles. The van der Waals surface area contributed by atoms with Gasteiger partial charge in [0.1, 0.15) is 18.1 Å². The van der Waals surface area contributed by atoms with Crippen LogP contribution in [0.3, 0.4) is 0 Å². The van der Waals surface area contributed by atoms with Gasteiger partial charge in [0, 0.05) is 35.4 Å². The highest BCUT2D eigenvalue weighted by molar-refractivity contribution is 9.13. The predicted octanol–water partition coefficient (Wildman–Crippen LogP) is 5.23. The number of halogens is 2. The van der Waals surface area contributed by atoms with E-state index in [9.17, 15) is 4.79 Å². The minimum Gasteiger partial charge on any atom is -0.488 e. The Hall–Kier alpha value is -1.61. The minimum absolute atomic E-state index is 0.258. The molecule has 2 aromatic rings. The van der Waals surface area contributed by atoms with Crippen LogP contribution in [0.25, 0.3) is 0 Å². The van der Waals surface area contributed by atoms with Crippen LogP contribution in [-0.4, -0.2) is 39.8 Å². The van der Waals surface area contributed by atoms with Crippen molar-refractivity contribution in [2.75, 3.05) is 32.3 Å². The molecule has 27 heavy (non-hydrogen) atoms. The van der Waals surface area contributed by atoms with Crippen LogP contribution in [0.15, 0.2) is 51.4 Å². The number of amides is 1. The van der Waals surface area contributed by atoms with Crippen LogP contribution < -0.4 is 14.4 Å². The van der Waals surface area contributed by atoms with E-state index in [0.29, 0.717) is 18.0 Å². The van der Waals surface area contributed by atoms with Crippen molar-refractivity contribution in [3.8, 4) is 11.5 Å². The standard InChI is InChI=1S/C19H21Br2NO5/c1-4-22(13-5-10-16(20)17(21)11-13)19(23)27-15-8-6-14(7-9-15)26-12-18(24-2)25-3/h5-11,18H,4,12H2,1-3H3. The Kier molecular flexibility index (Phi) is 8.56. The van der Waals surface area contributed by atoms with Crippen LogP contribution in [0.1, 0.15) is 6.92 Å². The molecule has 0 aliphatic carbocycles. The number of methoxy groups -OCH3 is 2. The molecule has 0 saturated heterocycles. The molecule has 0 saturated carbocycles. The molecule has 0 fully saturated rings. The van der Waals surface area contributed by atoms with Crippen molar-refractivity contribution in [1.82, 2.24) is 0 Å². The quantitative estimate of drug-likeness (QED) is 0.462. The van der Waals surface area contributed by atoms with Gasteiger partial charge in [-0.05, 0) is 81.2 Å². The average molecular weight is 503 g/mol. The Bertz CT molecular complexity index is 750. The minimum atomic E-state index is -0.459. The molecule has 0 aliphatic rings. The van der Waals surface area contributed by atoms with Crippen LogP contribution in [0.5, 0.6) is 11.5 Å². The lowest BCUT2D eigenvalue weighted by atomic mass is 10.3. The first kappa shape index (κ1) is 21.7. The largest absolute Gasteiger partial charge is 0.488 e. The van der Waals surface area contributed by atoms with Gasteiger partial charge in [0.15, 0.2) is 6.29 Å². The summed E-state index contributed by atoms with van der Waals surface area (Å²) in [6.45, 7) is 2.62. The number of carbonyl (C=O) groups is 1. The molecule has 0 unspecified atom stereocenters. The summed E-state index contributed by atoms with van der Waals surface area (Å²) in [7, 11) is 3.09. The third-order valence-electron chi connectivity index (χ3n) is 3.69. The first-order valence-electron chi connectivity index (χ1n) is 8.21. The van der Waals surface area contributed by atoms with Crippen LogP contribution >= 0.6 is 31.9 Å². The summed E-state index contributed by atoms with van der Waals surface area (Å²) in [5.74, 6) is 1.05. The number of hydrogen-bond acceptors (Lipinski definition) is 5. The second kappa shape index (κ2) is 10.7. The summed E-state index contributed by atoms with van der Waals surface area (Å²) in [6.07, 6.45) is -0.898. The lowest BCUT2D eigenvalue weighted by molar-refractivity contribution is -0.121. The van der Waals surface area contributed by atoms with Gasteiger partial charge in [-0.25, -0.2) is 4.79 Å². The monoisotopic (exact) mass is 501 g/mol. The third-order valence-corrected chi connectivity index (χ3v) is 5.57. The molecule has 6 nitrogen and oxygen atoms in total. The fourth-order valence-corrected chi connectivity index (χ4v) is 2.84. The van der Waals surface area contributed by atoms with E-state index in [1.165, 1.54) is 0 Å². The second-order valence-electron chi connectivity index (χ2n) is 5.39. The van der Waals surface area contributed by atoms with Gasteiger partial charge >= 0.3 is 6.09 Å². The maximum absolute atomic E-state index is 12.5. The highest BCUT2D eigenvalue weighted by Gasteiger charge is 2.17. The molecular formula is C19H21Br2NO5. The van der Waals surface area contributed by atoms with E-state index in [2.05, 4.69) is 31.9 Å². The first-order chi connectivity index (χ1) is 13.0. The highest BCUT2D eigenvalue weighted by Crippen LogP contribution is 2.28. The van der Waals surface area contributed by atoms with Gasteiger partial charge < -0.3 is 18.9 Å². The second-order valence-corrected chi connectivity index (χ2v) is 7.10. The number of rotatable bonds is 8. The van der Waals surface area contributed by atoms with Crippen molar-refractivity contribution >= 4 is 43.6 Å². The lowest BCUT2D eigenvalue weighted by Gasteiger charge is -2.21. The van der Waals surface area contributed by atoms with Gasteiger partial charge in [-0.3, -0.25) is 4.90 Å². The molecule has 0 aromatic heterocycles. The highest BCUT2D eigenvalue weighted by atomic mass is 79.9. The predicted molar refractivity (Wildman–Crippen MR) is 111 cm³/mol. The molecule has 0 atom stereocenters. The molecule has 0 heterocycles. The van der Waals surface area contributed by atoms with E-state index >= 15 is 0 Å². The van der Waals surface area contributed by atoms with Gasteiger partial charge in [0.05, 0.1) is 0 Å². The van der Waals surface area contributed by atoms with E-state index in [-0.39, 0.29) is 6.61 Å². The molecule has 0 N–H and O–H groups in total. The zero-order valence-corrected chi connectivity index (χ0v) is 18.4. The van der Waals surface area contributed by atoms with Crippen LogP contribution in [0, 0.1) is 0 Å². The number of hydrogen-bond donors (Lipinski definition) is 0. The molecule has 1 amide bonds. The fourth-order valence-electron chi connectivity index (χ4n) is 2.23. The number of nitrogens with zero attached hydrogens (tertiary/aromatic N) is 1. The van der Waals surface area contributed by atoms with Crippen molar-refractivity contribution in [3.05, 3.63) is 51.4 Å². The van der Waals surface area contributed by atoms with Gasteiger partial charge in [0.25, 0.3) is 0 Å². The van der Waals surface area contributed by atoms with Gasteiger partial charge in [-0.2, -0.15) is 0 Å². The Balaban J connectivity index is 2.00. The molecule has 0 bridgehead atoms. The summed E-state index contributed by atoms with van der Waals surface area (Å²) in [5, 5.41) is 0. The van der Waals surface area contributed by atoms with Crippen LogP contribution in [0.4, 0.5) is 10.5 Å². The first-order valence-corrected chi connectivity index (χ1v) is 9.80. The number of carbonyl (C=O) groups excluding carboxylic acids is 1. The third kappa shape index (κ3) is 6.21. The normalized spacial score (nSPS) is 10.7. The van der Waals surface area contributed by atoms with Crippen LogP contribution in [-0.2, 0) is 9.47 Å². The van der Waals surface area contributed by atoms with Crippen molar-refractivity contribution in [3.63, 3.8) is 0 Å². The fraction of sp³-hybridized carbons (Fsp3) is 0.316. The molecule has 146 valence electrons. The molecular weight excluding hydrogens is 482 g/mol. The Morgan fingerprint density at radius 2 is 1.63 bits per heavy atom. The summed E-state index contributed by atoms with van der Waals surface area (Å²) < 4.78 is 22.9. The Labute approximate surface area is 175 Å². The Morgan fingerprint density at radius 1 is 1.00 bits per heavy atom. The van der Waals surface area contributed by atoms with Crippen molar-refractivity contribution in [2.24, 2.45) is 0 Å². The summed E-state index contributed by atoms with van der Waals surface area (Å²) in [4.78, 5) is 14.1. The van der Waals surface area contributed by atoms with Gasteiger partial charge in [0.2, 0.25) is 0 Å². The van der Waals surface area contributed by atoms with E-state index in [0.717, 1.165) is 14.6 Å². The number of anilines is 1. The van der Waals surface area contributed by atoms with Crippen molar-refractivity contribution < 1.29 is 23.7 Å². The zero-order valence-electron chi connectivity index (χ0n) is 15.3. The topological polar surface area (TPSA) is 57.2 Å². The zero-order chi connectivity index (χ0) is 19.8. The van der Waals surface area contributed by atoms with Crippen molar-refractivity contribution in [2.45, 2.75) is 13.2 Å². The molecule has 0 aliphatic heterocycles. The summed E-state index contributed by atoms with van der Waals surface area (Å²) in [5.41, 5.74) is 0.739. The Morgan fingerprint density at radius 3 is 2.19 bits per heavy atom. The van der Waals surface area contributed by atoms with Crippen LogP contribution in [0.2, 0.25) is 0 Å². The maximum Gasteiger partial charge on any atom is 0.419 e. The number of benzene rings is 2. The smallest absolute Gasteiger partial charge is 0.419 e. The molecule has 0 spiro atoms.